The molecule has 3 aromatic carbocycles. The Labute approximate surface area is 243 Å². The van der Waals surface area contributed by atoms with Crippen LogP contribution < -0.4 is 20.9 Å². The van der Waals surface area contributed by atoms with Gasteiger partial charge in [0.2, 0.25) is 5.91 Å². The number of carbonyl (C=O) groups is 3. The van der Waals surface area contributed by atoms with E-state index < -0.39 is 41.0 Å². The fraction of sp³-hybridized carbons (Fsp3) is 0.300. The number of benzene rings is 3. The summed E-state index contributed by atoms with van der Waals surface area (Å²) in [4.78, 5) is 53.0. The van der Waals surface area contributed by atoms with E-state index >= 15 is 0 Å². The zero-order chi connectivity index (χ0) is 30.3. The maximum absolute atomic E-state index is 14.3. The van der Waals surface area contributed by atoms with Gasteiger partial charge in [-0.25, -0.2) is 4.79 Å². The Kier molecular flexibility index (Phi) is 9.50. The molecule has 0 bridgehead atoms. The van der Waals surface area contributed by atoms with Gasteiger partial charge in [0.05, 0.1) is 23.6 Å². The minimum absolute atomic E-state index is 0.0323. The van der Waals surface area contributed by atoms with Crippen LogP contribution >= 0.6 is 0 Å². The Morgan fingerprint density at radius 3 is 2.14 bits per heavy atom. The van der Waals surface area contributed by atoms with Crippen molar-refractivity contribution in [2.24, 2.45) is 0 Å². The Balaban J connectivity index is 1.68. The Bertz CT molecular complexity index is 1440. The number of ether oxygens (including phenoxy) is 2. The molecule has 0 fully saturated rings. The number of carbonyl (C=O) groups excluding carboxylic acids is 3. The highest BCUT2D eigenvalue weighted by Crippen LogP contribution is 2.43. The maximum Gasteiger partial charge on any atom is 0.320 e. The Hall–Kier alpha value is -4.81. The highest BCUT2D eigenvalue weighted by molar-refractivity contribution is 6.12. The number of nitrogens with one attached hydrogen (secondary N) is 3. The van der Waals surface area contributed by atoms with Crippen molar-refractivity contribution in [1.29, 1.82) is 0 Å². The molecule has 4 amide bonds. The molecule has 1 aliphatic heterocycles. The van der Waals surface area contributed by atoms with Gasteiger partial charge in [0.1, 0.15) is 0 Å². The summed E-state index contributed by atoms with van der Waals surface area (Å²) in [6, 6.07) is 18.6. The van der Waals surface area contributed by atoms with E-state index in [0.29, 0.717) is 30.2 Å². The summed E-state index contributed by atoms with van der Waals surface area (Å²) < 4.78 is 11.4. The van der Waals surface area contributed by atoms with Crippen molar-refractivity contribution in [2.75, 3.05) is 35.3 Å². The van der Waals surface area contributed by atoms with E-state index in [1.54, 1.807) is 36.4 Å². The molecule has 220 valence electrons. The van der Waals surface area contributed by atoms with Gasteiger partial charge in [0.25, 0.3) is 11.6 Å². The van der Waals surface area contributed by atoms with Gasteiger partial charge in [-0.3, -0.25) is 19.7 Å². The molecule has 1 aliphatic rings. The van der Waals surface area contributed by atoms with Crippen LogP contribution in [0, 0.1) is 17.0 Å². The number of hydrogen-bond acceptors (Lipinski definition) is 7. The van der Waals surface area contributed by atoms with Gasteiger partial charge in [-0.2, -0.15) is 0 Å². The van der Waals surface area contributed by atoms with Crippen LogP contribution in [0.15, 0.2) is 72.8 Å². The molecular formula is C30H33N5O7. The topological polar surface area (TPSA) is 152 Å². The Morgan fingerprint density at radius 1 is 0.929 bits per heavy atom. The van der Waals surface area contributed by atoms with Gasteiger partial charge in [0.15, 0.2) is 11.8 Å². The number of nitro groups is 1. The van der Waals surface area contributed by atoms with E-state index in [4.69, 9.17) is 9.47 Å². The van der Waals surface area contributed by atoms with Crippen molar-refractivity contribution < 1.29 is 28.8 Å². The summed E-state index contributed by atoms with van der Waals surface area (Å²) in [5, 5.41) is 19.2. The zero-order valence-corrected chi connectivity index (χ0v) is 23.6. The second-order valence-corrected chi connectivity index (χ2v) is 9.65. The number of aryl methyl sites for hydroxylation is 1. The number of fused-ring (bicyclic) bond motifs is 1. The number of amides is 4. The third kappa shape index (κ3) is 6.73. The van der Waals surface area contributed by atoms with Crippen LogP contribution in [0.1, 0.15) is 31.4 Å². The average molecular weight is 576 g/mol. The van der Waals surface area contributed by atoms with E-state index in [-0.39, 0.29) is 17.9 Å². The summed E-state index contributed by atoms with van der Waals surface area (Å²) >= 11 is 0. The fourth-order valence-corrected chi connectivity index (χ4v) is 4.82. The molecule has 0 saturated heterocycles. The minimum Gasteiger partial charge on any atom is -0.351 e. The lowest BCUT2D eigenvalue weighted by atomic mass is 9.87. The van der Waals surface area contributed by atoms with Crippen molar-refractivity contribution in [3.8, 4) is 0 Å². The van der Waals surface area contributed by atoms with Crippen LogP contribution in [-0.2, 0) is 24.6 Å². The summed E-state index contributed by atoms with van der Waals surface area (Å²) in [6.07, 6.45) is -1.14. The Morgan fingerprint density at radius 2 is 1.52 bits per heavy atom. The third-order valence-corrected chi connectivity index (χ3v) is 6.73. The summed E-state index contributed by atoms with van der Waals surface area (Å²) in [5.41, 5.74) is 0.839. The number of para-hydroxylation sites is 1. The van der Waals surface area contributed by atoms with Gasteiger partial charge in [-0.15, -0.1) is 0 Å². The van der Waals surface area contributed by atoms with Crippen LogP contribution in [0.4, 0.5) is 27.5 Å². The number of hydrogen-bond donors (Lipinski definition) is 3. The van der Waals surface area contributed by atoms with Crippen molar-refractivity contribution in [2.45, 2.75) is 39.0 Å². The van der Waals surface area contributed by atoms with Crippen molar-refractivity contribution in [1.82, 2.24) is 5.32 Å². The van der Waals surface area contributed by atoms with Gasteiger partial charge >= 0.3 is 6.03 Å². The van der Waals surface area contributed by atoms with Gasteiger partial charge in [-0.1, -0.05) is 35.9 Å². The molecule has 1 atom stereocenters. The van der Waals surface area contributed by atoms with Crippen LogP contribution in [0.5, 0.6) is 0 Å². The first kappa shape index (κ1) is 30.2. The number of nitro benzene ring substituents is 1. The molecule has 4 rings (SSSR count). The van der Waals surface area contributed by atoms with Crippen LogP contribution in [0.2, 0.25) is 0 Å². The molecule has 0 spiro atoms. The molecule has 1 heterocycles. The fourth-order valence-electron chi connectivity index (χ4n) is 4.82. The van der Waals surface area contributed by atoms with Gasteiger partial charge in [-0.05, 0) is 51.1 Å². The van der Waals surface area contributed by atoms with Gasteiger partial charge in [0, 0.05) is 42.3 Å². The first-order valence-electron chi connectivity index (χ1n) is 13.5. The molecule has 0 aromatic heterocycles. The number of rotatable bonds is 12. The molecule has 3 N–H and O–H groups in total. The molecule has 0 aliphatic carbocycles. The highest BCUT2D eigenvalue weighted by Gasteiger charge is 2.53. The summed E-state index contributed by atoms with van der Waals surface area (Å²) in [5.74, 6) is -1.03. The number of nitrogens with zero attached hydrogens (tertiary/aromatic N) is 2. The SMILES string of the molecule is CCOC(CN1C(=O)C(CC(=O)Nc2ccc(C)cc2)(NC(=O)Nc2ccc([N+](=O)[O-])cc2)c2ccccc21)OCC. The largest absolute Gasteiger partial charge is 0.351 e. The molecule has 0 radical (unpaired) electrons. The molecule has 42 heavy (non-hydrogen) atoms. The molecule has 3 aromatic rings. The van der Waals surface area contributed by atoms with E-state index in [1.165, 1.54) is 29.2 Å². The van der Waals surface area contributed by atoms with E-state index in [9.17, 15) is 24.5 Å². The van der Waals surface area contributed by atoms with Crippen molar-refractivity contribution in [3.05, 3.63) is 94.0 Å². The second kappa shape index (κ2) is 13.2. The monoisotopic (exact) mass is 575 g/mol. The normalized spacial score (nSPS) is 15.8. The lowest BCUT2D eigenvalue weighted by Gasteiger charge is -2.30. The summed E-state index contributed by atoms with van der Waals surface area (Å²) in [6.45, 7) is 6.30. The lowest BCUT2D eigenvalue weighted by molar-refractivity contribution is -0.384. The quantitative estimate of drug-likeness (QED) is 0.161. The molecule has 1 unspecified atom stereocenters. The highest BCUT2D eigenvalue weighted by atomic mass is 16.7. The molecule has 12 nitrogen and oxygen atoms in total. The first-order valence-corrected chi connectivity index (χ1v) is 13.5. The predicted molar refractivity (Wildman–Crippen MR) is 157 cm³/mol. The van der Waals surface area contributed by atoms with Crippen LogP contribution in [-0.4, -0.2) is 48.8 Å². The predicted octanol–water partition coefficient (Wildman–Crippen LogP) is 4.69. The molecular weight excluding hydrogens is 542 g/mol. The smallest absolute Gasteiger partial charge is 0.320 e. The number of anilines is 3. The first-order chi connectivity index (χ1) is 20.2. The van der Waals surface area contributed by atoms with Crippen molar-refractivity contribution in [3.63, 3.8) is 0 Å². The lowest BCUT2D eigenvalue weighted by Crippen LogP contribution is -2.56. The van der Waals surface area contributed by atoms with Crippen molar-refractivity contribution >= 4 is 40.6 Å². The standard InChI is InChI=1S/C30H33N5O7/c1-4-41-27(42-5-2)19-34-25-9-7-6-8-24(25)30(28(34)37,18-26(36)31-21-12-10-20(3)11-13-21)33-29(38)32-22-14-16-23(17-15-22)35(39)40/h6-17,27H,4-5,18-19H2,1-3H3,(H,31,36)(H2,32,33,38). The third-order valence-electron chi connectivity index (χ3n) is 6.73. The summed E-state index contributed by atoms with van der Waals surface area (Å²) in [7, 11) is 0. The average Bonchev–Trinajstić information content (AvgIpc) is 3.17. The van der Waals surface area contributed by atoms with E-state index in [1.807, 2.05) is 32.9 Å². The molecule has 12 heteroatoms. The minimum atomic E-state index is -1.78. The van der Waals surface area contributed by atoms with E-state index in [2.05, 4.69) is 16.0 Å². The molecule has 0 saturated carbocycles. The second-order valence-electron chi connectivity index (χ2n) is 9.65. The maximum atomic E-state index is 14.3. The zero-order valence-electron chi connectivity index (χ0n) is 23.6. The number of non-ortho nitro benzene ring substituents is 1. The van der Waals surface area contributed by atoms with E-state index in [0.717, 1.165) is 5.56 Å². The van der Waals surface area contributed by atoms with Gasteiger partial charge < -0.3 is 30.3 Å². The van der Waals surface area contributed by atoms with Crippen LogP contribution in [0.3, 0.4) is 0 Å². The van der Waals surface area contributed by atoms with Crippen LogP contribution in [0.25, 0.3) is 0 Å². The number of urea groups is 1.